The zero-order valence-electron chi connectivity index (χ0n) is 9.40. The van der Waals surface area contributed by atoms with E-state index in [1.807, 2.05) is 0 Å². The fourth-order valence-corrected chi connectivity index (χ4v) is 1.30. The van der Waals surface area contributed by atoms with Crippen molar-refractivity contribution in [3.05, 3.63) is 0 Å². The molecule has 1 atom stereocenters. The molecule has 0 amide bonds. The number of rotatable bonds is 7. The lowest BCUT2D eigenvalue weighted by Crippen LogP contribution is -2.45. The van der Waals surface area contributed by atoms with E-state index in [2.05, 4.69) is 5.32 Å². The lowest BCUT2D eigenvalue weighted by Gasteiger charge is -2.26. The third-order valence-corrected chi connectivity index (χ3v) is 2.10. The van der Waals surface area contributed by atoms with Crippen LogP contribution in [0.25, 0.3) is 0 Å². The van der Waals surface area contributed by atoms with Crippen LogP contribution in [-0.2, 0) is 4.74 Å². The number of halogens is 3. The largest absolute Gasteiger partial charge is 0.401 e. The normalized spacial score (nSPS) is 14.6. The molecule has 92 valence electrons. The number of nitrogens with zero attached hydrogens (tertiary/aromatic N) is 1. The van der Waals surface area contributed by atoms with Gasteiger partial charge in [-0.2, -0.15) is 13.2 Å². The maximum absolute atomic E-state index is 12.1. The van der Waals surface area contributed by atoms with Gasteiger partial charge in [-0.05, 0) is 13.6 Å². The van der Waals surface area contributed by atoms with E-state index in [1.165, 1.54) is 12.0 Å². The first-order valence-corrected chi connectivity index (χ1v) is 4.88. The van der Waals surface area contributed by atoms with Crippen LogP contribution in [0.1, 0.15) is 6.92 Å². The molecule has 0 bridgehead atoms. The molecule has 0 fully saturated rings. The van der Waals surface area contributed by atoms with E-state index in [1.54, 1.807) is 14.0 Å². The van der Waals surface area contributed by atoms with Gasteiger partial charge < -0.3 is 10.1 Å². The summed E-state index contributed by atoms with van der Waals surface area (Å²) < 4.78 is 41.3. The van der Waals surface area contributed by atoms with Gasteiger partial charge in [0.1, 0.15) is 0 Å². The van der Waals surface area contributed by atoms with Crippen LogP contribution in [0.3, 0.4) is 0 Å². The van der Waals surface area contributed by atoms with Gasteiger partial charge in [0.25, 0.3) is 0 Å². The average molecular weight is 228 g/mol. The van der Waals surface area contributed by atoms with E-state index < -0.39 is 12.7 Å². The van der Waals surface area contributed by atoms with E-state index >= 15 is 0 Å². The van der Waals surface area contributed by atoms with Crippen LogP contribution in [0.4, 0.5) is 13.2 Å². The molecule has 1 N–H and O–H groups in total. The number of likely N-dealkylation sites (N-methyl/N-ethyl adjacent to an activating group) is 2. The van der Waals surface area contributed by atoms with Gasteiger partial charge in [0.15, 0.2) is 0 Å². The van der Waals surface area contributed by atoms with Crippen LogP contribution in [0, 0.1) is 0 Å². The SMILES string of the molecule is CCN(CC(COC)NC)CC(F)(F)F. The molecule has 0 saturated heterocycles. The number of hydrogen-bond acceptors (Lipinski definition) is 3. The Hall–Kier alpha value is -0.330. The smallest absolute Gasteiger partial charge is 0.383 e. The van der Waals surface area contributed by atoms with Gasteiger partial charge in [-0.15, -0.1) is 0 Å². The van der Waals surface area contributed by atoms with E-state index in [0.29, 0.717) is 19.7 Å². The lowest BCUT2D eigenvalue weighted by molar-refractivity contribution is -0.146. The molecule has 0 aromatic carbocycles. The van der Waals surface area contributed by atoms with Crippen molar-refractivity contribution in [3.63, 3.8) is 0 Å². The van der Waals surface area contributed by atoms with Gasteiger partial charge in [-0.25, -0.2) is 0 Å². The quantitative estimate of drug-likeness (QED) is 0.706. The van der Waals surface area contributed by atoms with E-state index in [0.717, 1.165) is 0 Å². The van der Waals surface area contributed by atoms with Gasteiger partial charge in [-0.3, -0.25) is 4.90 Å². The summed E-state index contributed by atoms with van der Waals surface area (Å²) in [5.41, 5.74) is 0. The molecular formula is C9H19F3N2O. The summed E-state index contributed by atoms with van der Waals surface area (Å²) in [6.07, 6.45) is -4.14. The Bertz CT molecular complexity index is 164. The Balaban J connectivity index is 4.06. The predicted octanol–water partition coefficient (Wildman–Crippen LogP) is 1.10. The van der Waals surface area contributed by atoms with Crippen LogP contribution >= 0.6 is 0 Å². The number of nitrogens with one attached hydrogen (secondary N) is 1. The first-order valence-electron chi connectivity index (χ1n) is 4.88. The zero-order chi connectivity index (χ0) is 11.9. The monoisotopic (exact) mass is 228 g/mol. The van der Waals surface area contributed by atoms with Gasteiger partial charge in [-0.1, -0.05) is 6.92 Å². The van der Waals surface area contributed by atoms with Crippen molar-refractivity contribution in [1.82, 2.24) is 10.2 Å². The summed E-state index contributed by atoms with van der Waals surface area (Å²) in [4.78, 5) is 1.35. The summed E-state index contributed by atoms with van der Waals surface area (Å²) in [7, 11) is 3.25. The van der Waals surface area contributed by atoms with Gasteiger partial charge in [0, 0.05) is 19.7 Å². The van der Waals surface area contributed by atoms with E-state index in [-0.39, 0.29) is 6.04 Å². The Morgan fingerprint density at radius 2 is 2.00 bits per heavy atom. The van der Waals surface area contributed by atoms with Crippen LogP contribution in [0.2, 0.25) is 0 Å². The second-order valence-corrected chi connectivity index (χ2v) is 3.38. The number of methoxy groups -OCH3 is 1. The molecule has 6 heteroatoms. The molecule has 15 heavy (non-hydrogen) atoms. The van der Waals surface area contributed by atoms with Crippen LogP contribution in [0.15, 0.2) is 0 Å². The van der Waals surface area contributed by atoms with Crippen LogP contribution in [-0.4, -0.2) is 57.5 Å². The molecule has 0 radical (unpaired) electrons. The minimum absolute atomic E-state index is 0.0719. The molecule has 3 nitrogen and oxygen atoms in total. The lowest BCUT2D eigenvalue weighted by atomic mass is 10.3. The second-order valence-electron chi connectivity index (χ2n) is 3.38. The highest BCUT2D eigenvalue weighted by Crippen LogP contribution is 2.16. The number of alkyl halides is 3. The summed E-state index contributed by atoms with van der Waals surface area (Å²) in [5.74, 6) is 0. The molecular weight excluding hydrogens is 209 g/mol. The van der Waals surface area contributed by atoms with Crippen molar-refractivity contribution in [2.24, 2.45) is 0 Å². The van der Waals surface area contributed by atoms with E-state index in [9.17, 15) is 13.2 Å². The molecule has 0 aromatic heterocycles. The molecule has 0 saturated carbocycles. The molecule has 0 aliphatic heterocycles. The highest BCUT2D eigenvalue weighted by Gasteiger charge is 2.30. The van der Waals surface area contributed by atoms with Crippen molar-refractivity contribution >= 4 is 0 Å². The van der Waals surface area contributed by atoms with Crippen molar-refractivity contribution in [2.45, 2.75) is 19.1 Å². The van der Waals surface area contributed by atoms with Crippen molar-refractivity contribution in [2.75, 3.05) is 40.4 Å². The van der Waals surface area contributed by atoms with Crippen molar-refractivity contribution in [3.8, 4) is 0 Å². The Morgan fingerprint density at radius 1 is 1.40 bits per heavy atom. The summed E-state index contributed by atoms with van der Waals surface area (Å²) in [6, 6.07) is -0.0719. The minimum atomic E-state index is -4.14. The summed E-state index contributed by atoms with van der Waals surface area (Å²) >= 11 is 0. The number of hydrogen-bond donors (Lipinski definition) is 1. The Labute approximate surface area is 88.6 Å². The molecule has 0 aliphatic carbocycles. The summed E-state index contributed by atoms with van der Waals surface area (Å²) in [5, 5.41) is 2.92. The predicted molar refractivity (Wildman–Crippen MR) is 52.9 cm³/mol. The first kappa shape index (κ1) is 14.7. The molecule has 0 spiro atoms. The van der Waals surface area contributed by atoms with Crippen molar-refractivity contribution < 1.29 is 17.9 Å². The third kappa shape index (κ3) is 7.58. The Morgan fingerprint density at radius 3 is 2.33 bits per heavy atom. The zero-order valence-corrected chi connectivity index (χ0v) is 9.40. The Kier molecular flexibility index (Phi) is 6.87. The molecule has 0 aromatic rings. The summed E-state index contributed by atoms with van der Waals surface area (Å²) in [6.45, 7) is 1.96. The standard InChI is InChI=1S/C9H19F3N2O/c1-4-14(7-9(10,11)12)5-8(13-2)6-15-3/h8,13H,4-7H2,1-3H3. The van der Waals surface area contributed by atoms with E-state index in [4.69, 9.17) is 4.74 Å². The third-order valence-electron chi connectivity index (χ3n) is 2.10. The van der Waals surface area contributed by atoms with Gasteiger partial charge >= 0.3 is 6.18 Å². The van der Waals surface area contributed by atoms with Gasteiger partial charge in [0.05, 0.1) is 13.2 Å². The topological polar surface area (TPSA) is 24.5 Å². The fourth-order valence-electron chi connectivity index (χ4n) is 1.30. The second kappa shape index (κ2) is 7.03. The highest BCUT2D eigenvalue weighted by molar-refractivity contribution is 4.71. The van der Waals surface area contributed by atoms with Crippen molar-refractivity contribution in [1.29, 1.82) is 0 Å². The minimum Gasteiger partial charge on any atom is -0.383 e. The van der Waals surface area contributed by atoms with Gasteiger partial charge in [0.2, 0.25) is 0 Å². The van der Waals surface area contributed by atoms with Crippen LogP contribution in [0.5, 0.6) is 0 Å². The molecule has 0 rings (SSSR count). The maximum atomic E-state index is 12.1. The average Bonchev–Trinajstić information content (AvgIpc) is 2.13. The highest BCUT2D eigenvalue weighted by atomic mass is 19.4. The fraction of sp³-hybridized carbons (Fsp3) is 1.00. The first-order chi connectivity index (χ1) is 6.92. The number of ether oxygens (including phenoxy) is 1. The molecule has 0 heterocycles. The molecule has 0 aliphatic rings. The maximum Gasteiger partial charge on any atom is 0.401 e. The van der Waals surface area contributed by atoms with Crippen LogP contribution < -0.4 is 5.32 Å². The molecule has 1 unspecified atom stereocenters.